The van der Waals surface area contributed by atoms with Crippen LogP contribution < -0.4 is 10.6 Å². The van der Waals surface area contributed by atoms with Crippen molar-refractivity contribution in [3.05, 3.63) is 63.6 Å². The molecule has 0 saturated carbocycles. The lowest BCUT2D eigenvalue weighted by Crippen LogP contribution is -2.87. The van der Waals surface area contributed by atoms with Crippen LogP contribution in [-0.4, -0.2) is 12.5 Å². The summed E-state index contributed by atoms with van der Waals surface area (Å²) in [5.74, 6) is 0.0398. The number of benzene rings is 2. The highest BCUT2D eigenvalue weighted by molar-refractivity contribution is 9.10. The van der Waals surface area contributed by atoms with Crippen molar-refractivity contribution in [2.45, 2.75) is 33.2 Å². The maximum Gasteiger partial charge on any atom is 0.279 e. The molecule has 0 aliphatic rings. The predicted molar refractivity (Wildman–Crippen MR) is 98.5 cm³/mol. The molecule has 0 saturated heterocycles. The second-order valence-electron chi connectivity index (χ2n) is 5.82. The van der Waals surface area contributed by atoms with E-state index in [0.29, 0.717) is 12.6 Å². The Morgan fingerprint density at radius 3 is 2.30 bits per heavy atom. The van der Waals surface area contributed by atoms with Crippen LogP contribution in [0.25, 0.3) is 0 Å². The molecule has 2 rings (SSSR count). The fourth-order valence-electron chi connectivity index (χ4n) is 2.70. The van der Waals surface area contributed by atoms with E-state index in [4.69, 9.17) is 0 Å². The Morgan fingerprint density at radius 1 is 1.13 bits per heavy atom. The van der Waals surface area contributed by atoms with Crippen LogP contribution in [0.3, 0.4) is 0 Å². The summed E-state index contributed by atoms with van der Waals surface area (Å²) in [7, 11) is 0. The third kappa shape index (κ3) is 4.91. The van der Waals surface area contributed by atoms with E-state index in [1.54, 1.807) is 0 Å². The van der Waals surface area contributed by atoms with E-state index in [1.807, 2.05) is 44.2 Å². The van der Waals surface area contributed by atoms with Crippen molar-refractivity contribution in [1.82, 2.24) is 0 Å². The number of hydrogen-bond acceptors (Lipinski definition) is 1. The normalized spacial score (nSPS) is 12.0. The summed E-state index contributed by atoms with van der Waals surface area (Å²) in [4.78, 5) is 12.3. The number of nitrogens with one attached hydrogen (secondary N) is 1. The summed E-state index contributed by atoms with van der Waals surface area (Å²) in [6, 6.07) is 14.6. The van der Waals surface area contributed by atoms with Crippen LogP contribution in [0, 0.1) is 13.8 Å². The molecule has 0 bridgehead atoms. The molecule has 1 amide bonds. The zero-order valence-corrected chi connectivity index (χ0v) is 15.5. The second-order valence-corrected chi connectivity index (χ2v) is 6.74. The van der Waals surface area contributed by atoms with Gasteiger partial charge in [0.25, 0.3) is 5.91 Å². The molecule has 0 radical (unpaired) electrons. The third-order valence-electron chi connectivity index (χ3n) is 4.07. The van der Waals surface area contributed by atoms with Crippen LogP contribution in [0.15, 0.2) is 46.9 Å². The molecule has 0 heterocycles. The van der Waals surface area contributed by atoms with Gasteiger partial charge < -0.3 is 10.6 Å². The lowest BCUT2D eigenvalue weighted by Gasteiger charge is -2.15. The minimum Gasteiger partial charge on any atom is -0.332 e. The van der Waals surface area contributed by atoms with E-state index < -0.39 is 0 Å². The van der Waals surface area contributed by atoms with Gasteiger partial charge in [0.2, 0.25) is 0 Å². The molecular formula is C19H24BrN2O+. The van der Waals surface area contributed by atoms with Crippen LogP contribution >= 0.6 is 15.9 Å². The molecule has 0 aromatic heterocycles. The van der Waals surface area contributed by atoms with Crippen molar-refractivity contribution in [3.63, 3.8) is 0 Å². The average Bonchev–Trinajstić information content (AvgIpc) is 2.53. The van der Waals surface area contributed by atoms with Gasteiger partial charge >= 0.3 is 0 Å². The number of anilines is 1. The number of carbonyl (C=O) groups excluding carboxylic acids is 1. The van der Waals surface area contributed by atoms with Crippen molar-refractivity contribution in [2.75, 3.05) is 11.9 Å². The number of hydrogen-bond donors (Lipinski definition) is 2. The van der Waals surface area contributed by atoms with Gasteiger partial charge in [0.1, 0.15) is 6.04 Å². The molecule has 0 aliphatic heterocycles. The van der Waals surface area contributed by atoms with E-state index in [1.165, 1.54) is 5.56 Å². The van der Waals surface area contributed by atoms with Crippen LogP contribution in [0.5, 0.6) is 0 Å². The Bertz CT molecular complexity index is 647. The number of nitrogens with two attached hydrogens (primary N) is 1. The van der Waals surface area contributed by atoms with Crippen molar-refractivity contribution in [1.29, 1.82) is 0 Å². The number of amides is 1. The molecule has 4 heteroatoms. The minimum atomic E-state index is 0.0398. The van der Waals surface area contributed by atoms with Gasteiger partial charge in [-0.05, 0) is 37.1 Å². The second kappa shape index (κ2) is 8.27. The Balaban J connectivity index is 1.96. The van der Waals surface area contributed by atoms with Gasteiger partial charge in [-0.15, -0.1) is 0 Å². The standard InChI is InChI=1S/C19H23BrN2O/c1-4-17(15-8-10-16(20)11-9-15)21-12-18(23)22-19-13(2)6-5-7-14(19)3/h5-11,17,21H,4,12H2,1-3H3,(H,22,23)/p+1/t17-/m1/s1. The highest BCUT2D eigenvalue weighted by atomic mass is 79.9. The van der Waals surface area contributed by atoms with Crippen molar-refractivity contribution >= 4 is 27.5 Å². The Kier molecular flexibility index (Phi) is 6.37. The fraction of sp³-hybridized carbons (Fsp3) is 0.316. The SMILES string of the molecule is CC[C@@H]([NH2+]CC(=O)Nc1c(C)cccc1C)c1ccc(Br)cc1. The van der Waals surface area contributed by atoms with E-state index in [9.17, 15) is 4.79 Å². The molecule has 3 N–H and O–H groups in total. The monoisotopic (exact) mass is 375 g/mol. The van der Waals surface area contributed by atoms with Crippen LogP contribution in [-0.2, 0) is 4.79 Å². The van der Waals surface area contributed by atoms with E-state index in [-0.39, 0.29) is 5.91 Å². The van der Waals surface area contributed by atoms with Gasteiger partial charge in [0.15, 0.2) is 6.54 Å². The summed E-state index contributed by atoms with van der Waals surface area (Å²) >= 11 is 3.45. The lowest BCUT2D eigenvalue weighted by atomic mass is 10.0. The van der Waals surface area contributed by atoms with Gasteiger partial charge in [-0.25, -0.2) is 0 Å². The van der Waals surface area contributed by atoms with Gasteiger partial charge in [0, 0.05) is 22.1 Å². The van der Waals surface area contributed by atoms with E-state index >= 15 is 0 Å². The number of para-hydroxylation sites is 1. The van der Waals surface area contributed by atoms with Crippen molar-refractivity contribution in [3.8, 4) is 0 Å². The summed E-state index contributed by atoms with van der Waals surface area (Å²) in [5, 5.41) is 5.14. The molecular weight excluding hydrogens is 352 g/mol. The van der Waals surface area contributed by atoms with Crippen LogP contribution in [0.2, 0.25) is 0 Å². The van der Waals surface area contributed by atoms with Gasteiger partial charge in [-0.1, -0.05) is 53.2 Å². The number of carbonyl (C=O) groups is 1. The topological polar surface area (TPSA) is 45.7 Å². The predicted octanol–water partition coefficient (Wildman–Crippen LogP) is 3.72. The minimum absolute atomic E-state index is 0.0398. The quantitative estimate of drug-likeness (QED) is 0.793. The number of rotatable bonds is 6. The molecule has 23 heavy (non-hydrogen) atoms. The molecule has 2 aromatic rings. The van der Waals surface area contributed by atoms with Gasteiger partial charge in [-0.3, -0.25) is 4.79 Å². The first-order valence-electron chi connectivity index (χ1n) is 7.96. The van der Waals surface area contributed by atoms with Crippen molar-refractivity contribution < 1.29 is 10.1 Å². The van der Waals surface area contributed by atoms with Crippen LogP contribution in [0.4, 0.5) is 5.69 Å². The summed E-state index contributed by atoms with van der Waals surface area (Å²) in [6.45, 7) is 6.60. The highest BCUT2D eigenvalue weighted by Crippen LogP contribution is 2.19. The Hall–Kier alpha value is -1.65. The van der Waals surface area contributed by atoms with Crippen LogP contribution in [0.1, 0.15) is 36.1 Å². The van der Waals surface area contributed by atoms with E-state index in [2.05, 4.69) is 45.6 Å². The van der Waals surface area contributed by atoms with E-state index in [0.717, 1.165) is 27.7 Å². The lowest BCUT2D eigenvalue weighted by molar-refractivity contribution is -0.686. The molecule has 1 atom stereocenters. The highest BCUT2D eigenvalue weighted by Gasteiger charge is 2.15. The molecule has 0 spiro atoms. The number of aryl methyl sites for hydroxylation is 2. The Morgan fingerprint density at radius 2 is 1.74 bits per heavy atom. The summed E-state index contributed by atoms with van der Waals surface area (Å²) < 4.78 is 1.07. The van der Waals surface area contributed by atoms with Crippen molar-refractivity contribution in [2.24, 2.45) is 0 Å². The average molecular weight is 376 g/mol. The van der Waals surface area contributed by atoms with Gasteiger partial charge in [0.05, 0.1) is 0 Å². The molecule has 0 unspecified atom stereocenters. The molecule has 2 aromatic carbocycles. The summed E-state index contributed by atoms with van der Waals surface area (Å²) in [6.07, 6.45) is 0.984. The maximum atomic E-state index is 12.3. The Labute approximate surface area is 146 Å². The first kappa shape index (κ1) is 17.7. The molecule has 3 nitrogen and oxygen atoms in total. The zero-order valence-electron chi connectivity index (χ0n) is 13.9. The molecule has 0 aliphatic carbocycles. The largest absolute Gasteiger partial charge is 0.332 e. The molecule has 122 valence electrons. The first-order chi connectivity index (χ1) is 11.0. The third-order valence-corrected chi connectivity index (χ3v) is 4.60. The maximum absolute atomic E-state index is 12.3. The smallest absolute Gasteiger partial charge is 0.279 e. The summed E-state index contributed by atoms with van der Waals surface area (Å²) in [5.41, 5.74) is 4.37. The fourth-order valence-corrected chi connectivity index (χ4v) is 2.96. The number of halogens is 1. The zero-order chi connectivity index (χ0) is 16.8. The number of quaternary nitrogens is 1. The van der Waals surface area contributed by atoms with Gasteiger partial charge in [-0.2, -0.15) is 0 Å². The first-order valence-corrected chi connectivity index (χ1v) is 8.75. The molecule has 0 fully saturated rings.